The van der Waals surface area contributed by atoms with Gasteiger partial charge in [-0.2, -0.15) is 0 Å². The van der Waals surface area contributed by atoms with E-state index in [2.05, 4.69) is 10.3 Å². The Kier molecular flexibility index (Phi) is 4.23. The first-order chi connectivity index (χ1) is 12.5. The van der Waals surface area contributed by atoms with E-state index in [0.717, 1.165) is 29.8 Å². The Morgan fingerprint density at radius 2 is 2.31 bits per heavy atom. The van der Waals surface area contributed by atoms with Gasteiger partial charge in [-0.25, -0.2) is 4.98 Å². The van der Waals surface area contributed by atoms with Gasteiger partial charge >= 0.3 is 0 Å². The van der Waals surface area contributed by atoms with E-state index in [-0.39, 0.29) is 11.5 Å². The van der Waals surface area contributed by atoms with Crippen molar-refractivity contribution < 1.29 is 14.3 Å². The summed E-state index contributed by atoms with van der Waals surface area (Å²) in [7, 11) is 0. The minimum Gasteiger partial charge on any atom is -0.490 e. The summed E-state index contributed by atoms with van der Waals surface area (Å²) in [4.78, 5) is 16.2. The number of benzene rings is 1. The van der Waals surface area contributed by atoms with Gasteiger partial charge in [0, 0.05) is 23.5 Å². The summed E-state index contributed by atoms with van der Waals surface area (Å²) >= 11 is 0. The Hall–Kier alpha value is -2.34. The molecule has 0 radical (unpaired) electrons. The van der Waals surface area contributed by atoms with Crippen LogP contribution < -0.4 is 20.5 Å². The lowest BCUT2D eigenvalue weighted by Crippen LogP contribution is -2.35. The van der Waals surface area contributed by atoms with Crippen LogP contribution in [-0.2, 0) is 0 Å². The average molecular weight is 355 g/mol. The second-order valence-corrected chi connectivity index (χ2v) is 7.73. The number of amides is 1. The zero-order chi connectivity index (χ0) is 18.3. The average Bonchev–Trinajstić information content (AvgIpc) is 3.33. The molecule has 2 atom stereocenters. The van der Waals surface area contributed by atoms with Crippen molar-refractivity contribution in [3.05, 3.63) is 30.0 Å². The summed E-state index contributed by atoms with van der Waals surface area (Å²) in [6.45, 7) is 6.60. The molecule has 6 heteroatoms. The number of hydrogen-bond acceptors (Lipinski definition) is 5. The van der Waals surface area contributed by atoms with E-state index in [1.807, 2.05) is 26.0 Å². The Morgan fingerprint density at radius 1 is 1.46 bits per heavy atom. The van der Waals surface area contributed by atoms with Gasteiger partial charge in [0.05, 0.1) is 18.3 Å². The van der Waals surface area contributed by atoms with Gasteiger partial charge in [-0.15, -0.1) is 0 Å². The molecule has 2 aromatic rings. The number of nitrogens with zero attached hydrogens (tertiary/aromatic N) is 1. The number of primary amides is 1. The predicted molar refractivity (Wildman–Crippen MR) is 99.5 cm³/mol. The number of ether oxygens (including phenoxy) is 2. The number of carbonyl (C=O) groups excluding carboxylic acids is 1. The number of fused-ring (bicyclic) bond motifs is 2. The van der Waals surface area contributed by atoms with E-state index in [1.54, 1.807) is 12.3 Å². The van der Waals surface area contributed by atoms with Crippen molar-refractivity contribution in [1.29, 1.82) is 0 Å². The van der Waals surface area contributed by atoms with Crippen LogP contribution in [-0.4, -0.2) is 36.7 Å². The number of rotatable bonds is 6. The Balaban J connectivity index is 1.65. The summed E-state index contributed by atoms with van der Waals surface area (Å²) < 4.78 is 11.9. The first kappa shape index (κ1) is 17.1. The van der Waals surface area contributed by atoms with Crippen LogP contribution in [0, 0.1) is 11.3 Å². The summed E-state index contributed by atoms with van der Waals surface area (Å²) in [5, 5.41) is 5.17. The van der Waals surface area contributed by atoms with Crippen molar-refractivity contribution in [1.82, 2.24) is 10.3 Å². The Morgan fingerprint density at radius 3 is 3.04 bits per heavy atom. The fraction of sp³-hybridized carbons (Fsp3) is 0.500. The molecular formula is C20H25N3O3. The van der Waals surface area contributed by atoms with Crippen LogP contribution in [0.2, 0.25) is 0 Å². The molecule has 138 valence electrons. The second-order valence-electron chi connectivity index (χ2n) is 7.73. The van der Waals surface area contributed by atoms with E-state index in [0.29, 0.717) is 23.8 Å². The highest BCUT2D eigenvalue weighted by Gasteiger charge is 2.55. The molecule has 1 aromatic carbocycles. The first-order valence-electron chi connectivity index (χ1n) is 9.21. The molecule has 1 aromatic heterocycles. The topological polar surface area (TPSA) is 86.5 Å². The van der Waals surface area contributed by atoms with Gasteiger partial charge in [-0.05, 0) is 62.7 Å². The summed E-state index contributed by atoms with van der Waals surface area (Å²) in [5.74, 6) is 1.31. The third-order valence-electron chi connectivity index (χ3n) is 5.46. The molecule has 2 unspecified atom stereocenters. The zero-order valence-corrected chi connectivity index (χ0v) is 15.2. The maximum Gasteiger partial charge on any atom is 0.252 e. The van der Waals surface area contributed by atoms with Gasteiger partial charge in [-0.3, -0.25) is 4.79 Å². The second kappa shape index (κ2) is 6.43. The molecule has 1 saturated heterocycles. The van der Waals surface area contributed by atoms with Crippen molar-refractivity contribution in [3.8, 4) is 11.6 Å². The van der Waals surface area contributed by atoms with E-state index < -0.39 is 5.91 Å². The largest absolute Gasteiger partial charge is 0.490 e. The van der Waals surface area contributed by atoms with Crippen LogP contribution in [0.25, 0.3) is 10.8 Å². The smallest absolute Gasteiger partial charge is 0.252 e. The number of nitrogens with one attached hydrogen (secondary N) is 1. The summed E-state index contributed by atoms with van der Waals surface area (Å²) in [5.41, 5.74) is 6.16. The first-order valence-corrected chi connectivity index (χ1v) is 9.21. The van der Waals surface area contributed by atoms with Crippen molar-refractivity contribution in [2.24, 2.45) is 17.1 Å². The van der Waals surface area contributed by atoms with Crippen molar-refractivity contribution in [2.75, 3.05) is 19.7 Å². The lowest BCUT2D eigenvalue weighted by molar-refractivity contribution is 0.0994. The van der Waals surface area contributed by atoms with Crippen LogP contribution in [0.4, 0.5) is 0 Å². The van der Waals surface area contributed by atoms with Gasteiger partial charge in [0.2, 0.25) is 5.88 Å². The molecule has 26 heavy (non-hydrogen) atoms. The quantitative estimate of drug-likeness (QED) is 0.831. The molecule has 1 amide bonds. The molecule has 2 fully saturated rings. The van der Waals surface area contributed by atoms with Gasteiger partial charge in [0.1, 0.15) is 5.75 Å². The van der Waals surface area contributed by atoms with E-state index in [1.165, 1.54) is 12.8 Å². The lowest BCUT2D eigenvalue weighted by atomic mass is 10.00. The molecule has 4 rings (SSSR count). The highest BCUT2D eigenvalue weighted by molar-refractivity contribution is 6.01. The Labute approximate surface area is 153 Å². The van der Waals surface area contributed by atoms with E-state index in [4.69, 9.17) is 15.2 Å². The molecule has 1 saturated carbocycles. The van der Waals surface area contributed by atoms with Crippen LogP contribution in [0.1, 0.15) is 37.0 Å². The normalized spacial score (nSPS) is 24.3. The predicted octanol–water partition coefficient (Wildman–Crippen LogP) is 2.50. The molecule has 1 aliphatic heterocycles. The molecule has 1 aliphatic carbocycles. The van der Waals surface area contributed by atoms with Gasteiger partial charge in [-0.1, -0.05) is 0 Å². The fourth-order valence-corrected chi connectivity index (χ4v) is 3.94. The highest BCUT2D eigenvalue weighted by Crippen LogP contribution is 2.55. The van der Waals surface area contributed by atoms with Crippen LogP contribution in [0.3, 0.4) is 0 Å². The van der Waals surface area contributed by atoms with Gasteiger partial charge < -0.3 is 20.5 Å². The number of piperidine rings is 1. The highest BCUT2D eigenvalue weighted by atomic mass is 16.5. The zero-order valence-electron chi connectivity index (χ0n) is 15.2. The minimum absolute atomic E-state index is 0.0639. The standard InChI is InChI=1S/C20H25N3O3/c1-12(2)26-17-8-15-13(7-16(17)18(21)24)3-6-23-19(15)25-11-20-9-14(20)4-5-22-10-20/h3,6-8,12,14,22H,4-5,9-11H2,1-2H3,(H2,21,24). The molecule has 0 bridgehead atoms. The van der Waals surface area contributed by atoms with Crippen molar-refractivity contribution >= 4 is 16.7 Å². The molecule has 2 heterocycles. The minimum atomic E-state index is -0.505. The SMILES string of the molecule is CC(C)Oc1cc2c(OCC34CNCCC3C4)nccc2cc1C(N)=O. The van der Waals surface area contributed by atoms with E-state index in [9.17, 15) is 4.79 Å². The lowest BCUT2D eigenvalue weighted by Gasteiger charge is -2.23. The fourth-order valence-electron chi connectivity index (χ4n) is 3.94. The van der Waals surface area contributed by atoms with Crippen LogP contribution in [0.5, 0.6) is 11.6 Å². The third kappa shape index (κ3) is 3.09. The molecule has 0 spiro atoms. The molecule has 2 aliphatic rings. The molecular weight excluding hydrogens is 330 g/mol. The maximum absolute atomic E-state index is 11.8. The number of hydrogen-bond donors (Lipinski definition) is 2. The Bertz CT molecular complexity index is 852. The maximum atomic E-state index is 11.8. The number of aromatic nitrogens is 1. The summed E-state index contributed by atoms with van der Waals surface area (Å²) in [6, 6.07) is 5.43. The summed E-state index contributed by atoms with van der Waals surface area (Å²) in [6.07, 6.45) is 4.08. The number of nitrogens with two attached hydrogens (primary N) is 1. The van der Waals surface area contributed by atoms with Crippen LogP contribution in [0.15, 0.2) is 24.4 Å². The van der Waals surface area contributed by atoms with Crippen molar-refractivity contribution in [3.63, 3.8) is 0 Å². The number of carbonyl (C=O) groups is 1. The molecule has 6 nitrogen and oxygen atoms in total. The van der Waals surface area contributed by atoms with Gasteiger partial charge in [0.15, 0.2) is 0 Å². The third-order valence-corrected chi connectivity index (χ3v) is 5.46. The number of pyridine rings is 1. The van der Waals surface area contributed by atoms with E-state index >= 15 is 0 Å². The van der Waals surface area contributed by atoms with Crippen molar-refractivity contribution in [2.45, 2.75) is 32.8 Å². The van der Waals surface area contributed by atoms with Gasteiger partial charge in [0.25, 0.3) is 5.91 Å². The van der Waals surface area contributed by atoms with Crippen LogP contribution >= 0.6 is 0 Å². The molecule has 3 N–H and O–H groups in total. The monoisotopic (exact) mass is 355 g/mol.